The Labute approximate surface area is 113 Å². The molecule has 0 aliphatic carbocycles. The van der Waals surface area contributed by atoms with Crippen LogP contribution in [-0.2, 0) is 6.42 Å². The molecule has 0 aromatic carbocycles. The molecule has 1 aromatic heterocycles. The molecular formula is C16H30N2. The molecule has 0 aliphatic rings. The Kier molecular flexibility index (Phi) is 11.9. The summed E-state index contributed by atoms with van der Waals surface area (Å²) in [6.45, 7) is 8.51. The molecule has 0 saturated carbocycles. The minimum absolute atomic E-state index is 0.840. The Balaban J connectivity index is 0.000000321. The van der Waals surface area contributed by atoms with Crippen LogP contribution < -0.4 is 0 Å². The van der Waals surface area contributed by atoms with Crippen molar-refractivity contribution >= 4 is 0 Å². The fourth-order valence-corrected chi connectivity index (χ4v) is 1.63. The van der Waals surface area contributed by atoms with E-state index in [1.165, 1.54) is 50.5 Å². The van der Waals surface area contributed by atoms with Crippen LogP contribution in [0.1, 0.15) is 77.1 Å². The third-order valence-corrected chi connectivity index (χ3v) is 2.95. The molecule has 0 bridgehead atoms. The van der Waals surface area contributed by atoms with Crippen molar-refractivity contribution in [2.75, 3.05) is 0 Å². The third kappa shape index (κ3) is 10.2. The highest BCUT2D eigenvalue weighted by Crippen LogP contribution is 2.05. The lowest BCUT2D eigenvalue weighted by Gasteiger charge is -1.96. The molecule has 2 heteroatoms. The van der Waals surface area contributed by atoms with Crippen molar-refractivity contribution in [3.05, 3.63) is 23.8 Å². The molecule has 0 aliphatic heterocycles. The lowest BCUT2D eigenvalue weighted by atomic mass is 10.1. The molecule has 0 unspecified atom stereocenters. The van der Waals surface area contributed by atoms with Gasteiger partial charge in [0.2, 0.25) is 0 Å². The molecule has 0 spiro atoms. The van der Waals surface area contributed by atoms with Crippen LogP contribution in [0.3, 0.4) is 0 Å². The quantitative estimate of drug-likeness (QED) is 0.629. The monoisotopic (exact) mass is 250 g/mol. The highest BCUT2D eigenvalue weighted by Gasteiger charge is 1.87. The van der Waals surface area contributed by atoms with Crippen LogP contribution >= 0.6 is 0 Å². The van der Waals surface area contributed by atoms with Gasteiger partial charge in [-0.1, -0.05) is 65.7 Å². The summed E-state index contributed by atoms with van der Waals surface area (Å²) in [4.78, 5) is 8.08. The van der Waals surface area contributed by atoms with Gasteiger partial charge in [-0.15, -0.1) is 0 Å². The van der Waals surface area contributed by atoms with Gasteiger partial charge in [-0.25, -0.2) is 9.97 Å². The SMILES string of the molecule is CCCCCCCCC.CCc1cnc(C)nc1. The average Bonchev–Trinajstić information content (AvgIpc) is 2.40. The smallest absolute Gasteiger partial charge is 0.125 e. The summed E-state index contributed by atoms with van der Waals surface area (Å²) in [6.07, 6.45) is 14.7. The van der Waals surface area contributed by atoms with Gasteiger partial charge < -0.3 is 0 Å². The Bertz CT molecular complexity index is 261. The van der Waals surface area contributed by atoms with Crippen molar-refractivity contribution < 1.29 is 0 Å². The Morgan fingerprint density at radius 1 is 0.778 bits per heavy atom. The van der Waals surface area contributed by atoms with Gasteiger partial charge in [0.1, 0.15) is 5.82 Å². The first-order valence-electron chi connectivity index (χ1n) is 7.52. The summed E-state index contributed by atoms with van der Waals surface area (Å²) in [5, 5.41) is 0. The maximum atomic E-state index is 4.04. The summed E-state index contributed by atoms with van der Waals surface area (Å²) in [6, 6.07) is 0. The van der Waals surface area contributed by atoms with Crippen LogP contribution in [0.2, 0.25) is 0 Å². The second-order valence-electron chi connectivity index (χ2n) is 4.76. The minimum Gasteiger partial charge on any atom is -0.241 e. The van der Waals surface area contributed by atoms with Crippen LogP contribution in [0.5, 0.6) is 0 Å². The molecule has 1 rings (SSSR count). The summed E-state index contributed by atoms with van der Waals surface area (Å²) in [5.74, 6) is 0.840. The van der Waals surface area contributed by atoms with Crippen molar-refractivity contribution in [2.24, 2.45) is 0 Å². The van der Waals surface area contributed by atoms with E-state index in [-0.39, 0.29) is 0 Å². The molecule has 1 heterocycles. The van der Waals surface area contributed by atoms with Crippen LogP contribution in [-0.4, -0.2) is 9.97 Å². The second kappa shape index (κ2) is 12.5. The van der Waals surface area contributed by atoms with Crippen LogP contribution in [0.4, 0.5) is 0 Å². The summed E-state index contributed by atoms with van der Waals surface area (Å²) in [7, 11) is 0. The standard InChI is InChI=1S/C9H20.C7H10N2/c1-3-5-7-9-8-6-4-2;1-3-7-4-8-6(2)9-5-7/h3-9H2,1-2H3;4-5H,3H2,1-2H3. The first-order valence-corrected chi connectivity index (χ1v) is 7.52. The number of hydrogen-bond donors (Lipinski definition) is 0. The van der Waals surface area contributed by atoms with E-state index in [9.17, 15) is 0 Å². The highest BCUT2D eigenvalue weighted by molar-refractivity contribution is 5.03. The molecular weight excluding hydrogens is 220 g/mol. The second-order valence-corrected chi connectivity index (χ2v) is 4.76. The van der Waals surface area contributed by atoms with Gasteiger partial charge in [0.15, 0.2) is 0 Å². The molecule has 0 atom stereocenters. The predicted octanol–water partition coefficient (Wildman–Crippen LogP) is 5.10. The Hall–Kier alpha value is -0.920. The molecule has 2 nitrogen and oxygen atoms in total. The third-order valence-electron chi connectivity index (χ3n) is 2.95. The zero-order valence-corrected chi connectivity index (χ0v) is 12.7. The zero-order chi connectivity index (χ0) is 13.6. The van der Waals surface area contributed by atoms with Crippen LogP contribution in [0.25, 0.3) is 0 Å². The fraction of sp³-hybridized carbons (Fsp3) is 0.750. The number of rotatable bonds is 7. The number of aromatic nitrogens is 2. The van der Waals surface area contributed by atoms with E-state index in [1.54, 1.807) is 0 Å². The predicted molar refractivity (Wildman–Crippen MR) is 79.8 cm³/mol. The number of unbranched alkanes of at least 4 members (excludes halogenated alkanes) is 6. The maximum absolute atomic E-state index is 4.04. The van der Waals surface area contributed by atoms with Crippen molar-refractivity contribution in [1.29, 1.82) is 0 Å². The van der Waals surface area contributed by atoms with E-state index in [2.05, 4.69) is 30.7 Å². The summed E-state index contributed by atoms with van der Waals surface area (Å²) in [5.41, 5.74) is 1.20. The lowest BCUT2D eigenvalue weighted by molar-refractivity contribution is 0.602. The van der Waals surface area contributed by atoms with E-state index in [4.69, 9.17) is 0 Å². The van der Waals surface area contributed by atoms with Gasteiger partial charge in [-0.05, 0) is 18.9 Å². The molecule has 0 radical (unpaired) electrons. The van der Waals surface area contributed by atoms with Gasteiger partial charge >= 0.3 is 0 Å². The number of nitrogens with zero attached hydrogens (tertiary/aromatic N) is 2. The summed E-state index contributed by atoms with van der Waals surface area (Å²) >= 11 is 0. The van der Waals surface area contributed by atoms with Gasteiger partial charge in [-0.3, -0.25) is 0 Å². The minimum atomic E-state index is 0.840. The summed E-state index contributed by atoms with van der Waals surface area (Å²) < 4.78 is 0. The highest BCUT2D eigenvalue weighted by atomic mass is 14.8. The van der Waals surface area contributed by atoms with E-state index in [0.717, 1.165) is 12.2 Å². The van der Waals surface area contributed by atoms with E-state index >= 15 is 0 Å². The van der Waals surface area contributed by atoms with Gasteiger partial charge in [0.25, 0.3) is 0 Å². The topological polar surface area (TPSA) is 25.8 Å². The maximum Gasteiger partial charge on any atom is 0.125 e. The molecule has 104 valence electrons. The number of aryl methyl sites for hydroxylation is 2. The van der Waals surface area contributed by atoms with Crippen LogP contribution in [0, 0.1) is 6.92 Å². The lowest BCUT2D eigenvalue weighted by Crippen LogP contribution is -1.88. The normalized spacial score (nSPS) is 9.78. The van der Waals surface area contributed by atoms with Crippen molar-refractivity contribution in [1.82, 2.24) is 9.97 Å². The van der Waals surface area contributed by atoms with Crippen molar-refractivity contribution in [3.8, 4) is 0 Å². The number of hydrogen-bond acceptors (Lipinski definition) is 2. The average molecular weight is 250 g/mol. The van der Waals surface area contributed by atoms with Crippen molar-refractivity contribution in [3.63, 3.8) is 0 Å². The molecule has 0 saturated heterocycles. The van der Waals surface area contributed by atoms with E-state index < -0.39 is 0 Å². The van der Waals surface area contributed by atoms with Crippen molar-refractivity contribution in [2.45, 2.75) is 79.1 Å². The Morgan fingerprint density at radius 2 is 1.22 bits per heavy atom. The first-order chi connectivity index (χ1) is 8.74. The Morgan fingerprint density at radius 3 is 1.61 bits per heavy atom. The van der Waals surface area contributed by atoms with Gasteiger partial charge in [0.05, 0.1) is 0 Å². The largest absolute Gasteiger partial charge is 0.241 e. The van der Waals surface area contributed by atoms with Gasteiger partial charge in [0, 0.05) is 12.4 Å². The van der Waals surface area contributed by atoms with Crippen LogP contribution in [0.15, 0.2) is 12.4 Å². The molecule has 0 amide bonds. The molecule has 1 aromatic rings. The molecule has 0 N–H and O–H groups in total. The van der Waals surface area contributed by atoms with E-state index in [0.29, 0.717) is 0 Å². The molecule has 0 fully saturated rings. The van der Waals surface area contributed by atoms with E-state index in [1.807, 2.05) is 19.3 Å². The molecule has 18 heavy (non-hydrogen) atoms. The first kappa shape index (κ1) is 17.1. The fourth-order valence-electron chi connectivity index (χ4n) is 1.63. The zero-order valence-electron chi connectivity index (χ0n) is 12.7. The van der Waals surface area contributed by atoms with Gasteiger partial charge in [-0.2, -0.15) is 0 Å².